The van der Waals surface area contributed by atoms with Gasteiger partial charge in [-0.3, -0.25) is 10.8 Å². The van der Waals surface area contributed by atoms with Crippen molar-refractivity contribution >= 4 is 11.5 Å². The number of rotatable bonds is 13. The van der Waals surface area contributed by atoms with Gasteiger partial charge in [0.15, 0.2) is 11.6 Å². The average Bonchev–Trinajstić information content (AvgIpc) is 2.92. The summed E-state index contributed by atoms with van der Waals surface area (Å²) in [6.45, 7) is 15.6. The normalized spacial score (nSPS) is 15.2. The van der Waals surface area contributed by atoms with Crippen LogP contribution in [0.1, 0.15) is 49.8 Å². The van der Waals surface area contributed by atoms with Gasteiger partial charge < -0.3 is 31.1 Å². The lowest BCUT2D eigenvalue weighted by molar-refractivity contribution is -0.0378. The summed E-state index contributed by atoms with van der Waals surface area (Å²) < 4.78 is 5.59. The molecule has 0 aromatic heterocycles. The zero-order valence-corrected chi connectivity index (χ0v) is 25.1. The fourth-order valence-corrected chi connectivity index (χ4v) is 4.45. The molecule has 0 bridgehead atoms. The summed E-state index contributed by atoms with van der Waals surface area (Å²) in [5, 5.41) is 32.0. The molecule has 8 nitrogen and oxygen atoms in total. The molecule has 4 rings (SSSR count). The number of hydrogen-bond donors (Lipinski definition) is 6. The highest BCUT2D eigenvalue weighted by atomic mass is 16.5. The van der Waals surface area contributed by atoms with Gasteiger partial charge in [-0.25, -0.2) is 0 Å². The molecule has 2 aliphatic rings. The Hall–Kier alpha value is -3.46. The van der Waals surface area contributed by atoms with Gasteiger partial charge in [-0.2, -0.15) is 0 Å². The Balaban J connectivity index is 0.000000319. The zero-order valence-electron chi connectivity index (χ0n) is 25.1. The fourth-order valence-electron chi connectivity index (χ4n) is 4.45. The number of ether oxygens (including phenoxy) is 1. The molecule has 2 aromatic carbocycles. The van der Waals surface area contributed by atoms with Crippen LogP contribution in [0.5, 0.6) is 5.75 Å². The van der Waals surface area contributed by atoms with Gasteiger partial charge in [0.25, 0.3) is 0 Å². The first-order chi connectivity index (χ1) is 19.8. The SMILES string of the molecule is C=CCCN1CC2(CNC2)C1.CCCC.CNCc1ccc(CCO/C(=C/C(=N)c2ccccc2O)C(=N)N)cc1. The highest BCUT2D eigenvalue weighted by molar-refractivity contribution is 6.11. The van der Waals surface area contributed by atoms with Crippen LogP contribution < -0.4 is 16.4 Å². The van der Waals surface area contributed by atoms with E-state index in [4.69, 9.17) is 21.3 Å². The molecule has 0 aliphatic carbocycles. The third kappa shape index (κ3) is 11.5. The second-order valence-corrected chi connectivity index (χ2v) is 10.7. The van der Waals surface area contributed by atoms with Crippen LogP contribution in [0.3, 0.4) is 0 Å². The Kier molecular flexibility index (Phi) is 14.9. The molecule has 0 unspecified atom stereocenters. The predicted molar refractivity (Wildman–Crippen MR) is 171 cm³/mol. The van der Waals surface area contributed by atoms with Crippen molar-refractivity contribution in [3.8, 4) is 5.75 Å². The van der Waals surface area contributed by atoms with Crippen LogP contribution in [-0.4, -0.2) is 67.9 Å². The maximum absolute atomic E-state index is 9.82. The quantitative estimate of drug-likeness (QED) is 0.0897. The van der Waals surface area contributed by atoms with E-state index >= 15 is 0 Å². The molecule has 2 fully saturated rings. The maximum Gasteiger partial charge on any atom is 0.162 e. The molecule has 1 spiro atoms. The van der Waals surface area contributed by atoms with E-state index in [-0.39, 0.29) is 23.1 Å². The molecule has 224 valence electrons. The van der Waals surface area contributed by atoms with E-state index < -0.39 is 0 Å². The molecule has 7 N–H and O–H groups in total. The summed E-state index contributed by atoms with van der Waals surface area (Å²) in [7, 11) is 1.91. The van der Waals surface area contributed by atoms with E-state index in [1.54, 1.807) is 18.2 Å². The zero-order chi connectivity index (χ0) is 30.1. The number of benzene rings is 2. The third-order valence-corrected chi connectivity index (χ3v) is 7.05. The van der Waals surface area contributed by atoms with Crippen molar-refractivity contribution in [2.75, 3.05) is 46.4 Å². The number of likely N-dealkylation sites (tertiary alicyclic amines) is 1. The molecule has 2 heterocycles. The number of amidine groups is 1. The molecule has 0 radical (unpaired) electrons. The van der Waals surface area contributed by atoms with Gasteiger partial charge in [0, 0.05) is 62.7 Å². The van der Waals surface area contributed by atoms with Crippen LogP contribution >= 0.6 is 0 Å². The van der Waals surface area contributed by atoms with E-state index in [9.17, 15) is 5.11 Å². The summed E-state index contributed by atoms with van der Waals surface area (Å²) in [5.41, 5.74) is 8.96. The summed E-state index contributed by atoms with van der Waals surface area (Å²) in [6.07, 6.45) is 7.80. The molecule has 0 amide bonds. The third-order valence-electron chi connectivity index (χ3n) is 7.05. The van der Waals surface area contributed by atoms with Crippen molar-refractivity contribution in [1.82, 2.24) is 15.5 Å². The Morgan fingerprint density at radius 1 is 1.10 bits per heavy atom. The van der Waals surface area contributed by atoms with Crippen LogP contribution in [0.15, 0.2) is 73.0 Å². The van der Waals surface area contributed by atoms with Crippen molar-refractivity contribution in [2.24, 2.45) is 11.1 Å². The van der Waals surface area contributed by atoms with Crippen molar-refractivity contribution in [3.05, 3.63) is 89.7 Å². The predicted octanol–water partition coefficient (Wildman–Crippen LogP) is 4.83. The standard InChI is InChI=1S/C20H24N4O2.C9H16N2.C4H10/c1-24-13-15-8-6-14(7-9-15)10-11-26-19(20(22)23)12-17(21)16-4-2-3-5-18(16)25;1-2-3-4-11-7-9(8-11)5-10-6-9;1-3-4-2/h2-9,12,21,24-25H,10-11,13H2,1H3,(H3,22,23);2,10H,1,3-8H2;3-4H2,1-2H3/b19-12+,21-17?;;. The summed E-state index contributed by atoms with van der Waals surface area (Å²) >= 11 is 0. The minimum atomic E-state index is -0.255. The summed E-state index contributed by atoms with van der Waals surface area (Å²) in [5.74, 6) is -0.141. The Bertz CT molecular complexity index is 1110. The first kappa shape index (κ1) is 33.7. The molecule has 2 saturated heterocycles. The Morgan fingerprint density at radius 2 is 1.73 bits per heavy atom. The fraction of sp³-hybridized carbons (Fsp3) is 0.455. The van der Waals surface area contributed by atoms with Crippen molar-refractivity contribution in [3.63, 3.8) is 0 Å². The van der Waals surface area contributed by atoms with Crippen molar-refractivity contribution < 1.29 is 9.84 Å². The topological polar surface area (TPSA) is 130 Å². The van der Waals surface area contributed by atoms with Gasteiger partial charge in [0.2, 0.25) is 0 Å². The van der Waals surface area contributed by atoms with E-state index in [0.29, 0.717) is 24.0 Å². The van der Waals surface area contributed by atoms with Gasteiger partial charge >= 0.3 is 0 Å². The van der Waals surface area contributed by atoms with E-state index in [2.05, 4.69) is 48.1 Å². The Morgan fingerprint density at radius 3 is 2.24 bits per heavy atom. The lowest BCUT2D eigenvalue weighted by Gasteiger charge is -2.56. The smallest absolute Gasteiger partial charge is 0.162 e. The second-order valence-electron chi connectivity index (χ2n) is 10.7. The highest BCUT2D eigenvalue weighted by Gasteiger charge is 2.46. The molecule has 0 saturated carbocycles. The largest absolute Gasteiger partial charge is 0.507 e. The van der Waals surface area contributed by atoms with E-state index in [1.807, 2.05) is 25.3 Å². The molecular weight excluding hydrogens is 512 g/mol. The van der Waals surface area contributed by atoms with E-state index in [1.165, 1.54) is 63.3 Å². The number of unbranched alkanes of at least 4 members (excludes halogenated alkanes) is 1. The lowest BCUT2D eigenvalue weighted by atomic mass is 9.74. The van der Waals surface area contributed by atoms with Gasteiger partial charge in [-0.05, 0) is 36.7 Å². The average molecular weight is 563 g/mol. The number of nitrogens with one attached hydrogen (secondary N) is 4. The van der Waals surface area contributed by atoms with Crippen LogP contribution in [0.2, 0.25) is 0 Å². The van der Waals surface area contributed by atoms with Crippen LogP contribution in [-0.2, 0) is 17.7 Å². The molecule has 8 heteroatoms. The van der Waals surface area contributed by atoms with Crippen LogP contribution in [0.4, 0.5) is 0 Å². The minimum Gasteiger partial charge on any atom is -0.507 e. The van der Waals surface area contributed by atoms with Gasteiger partial charge in [-0.1, -0.05) is 69.2 Å². The first-order valence-electron chi connectivity index (χ1n) is 14.6. The number of para-hydroxylation sites is 1. The number of nitrogens with zero attached hydrogens (tertiary/aromatic N) is 1. The lowest BCUT2D eigenvalue weighted by Crippen LogP contribution is -2.70. The number of phenolic OH excluding ortho intramolecular Hbond substituents is 1. The molecule has 2 aliphatic heterocycles. The summed E-state index contributed by atoms with van der Waals surface area (Å²) in [6, 6.07) is 14.7. The molecule has 0 atom stereocenters. The number of hydrogen-bond acceptors (Lipinski definition) is 7. The second kappa shape index (κ2) is 18.1. The highest BCUT2D eigenvalue weighted by Crippen LogP contribution is 2.33. The van der Waals surface area contributed by atoms with Crippen molar-refractivity contribution in [2.45, 2.75) is 46.1 Å². The van der Waals surface area contributed by atoms with Crippen molar-refractivity contribution in [1.29, 1.82) is 10.8 Å². The number of phenols is 1. The van der Waals surface area contributed by atoms with Gasteiger partial charge in [0.05, 0.1) is 12.3 Å². The molecule has 2 aromatic rings. The summed E-state index contributed by atoms with van der Waals surface area (Å²) in [4.78, 5) is 2.52. The van der Waals surface area contributed by atoms with Crippen LogP contribution in [0.25, 0.3) is 0 Å². The van der Waals surface area contributed by atoms with Gasteiger partial charge in [0.1, 0.15) is 5.75 Å². The van der Waals surface area contributed by atoms with Gasteiger partial charge in [-0.15, -0.1) is 6.58 Å². The molecule has 41 heavy (non-hydrogen) atoms. The van der Waals surface area contributed by atoms with Crippen LogP contribution in [0, 0.1) is 16.2 Å². The number of aromatic hydroxyl groups is 1. The number of allylic oxidation sites excluding steroid dienone is 1. The minimum absolute atomic E-state index is 0.00156. The Labute approximate surface area is 246 Å². The first-order valence-corrected chi connectivity index (χ1v) is 14.6. The molecular formula is C33H50N6O2. The maximum atomic E-state index is 9.82. The monoisotopic (exact) mass is 562 g/mol. The number of nitrogens with two attached hydrogens (primary N) is 1. The van der Waals surface area contributed by atoms with E-state index in [0.717, 1.165) is 18.5 Å².